The van der Waals surface area contributed by atoms with Gasteiger partial charge in [0.25, 0.3) is 0 Å². The zero-order valence-corrected chi connectivity index (χ0v) is 23.0. The Morgan fingerprint density at radius 3 is 1.18 bits per heavy atom. The summed E-state index contributed by atoms with van der Waals surface area (Å²) in [5.74, 6) is 0. The highest BCUT2D eigenvalue weighted by Crippen LogP contribution is 2.31. The Hall–Kier alpha value is -4.82. The molecule has 0 amide bonds. The van der Waals surface area contributed by atoms with Gasteiger partial charge in [0.1, 0.15) is 0 Å². The van der Waals surface area contributed by atoms with E-state index in [2.05, 4.69) is 156 Å². The van der Waals surface area contributed by atoms with Crippen LogP contribution in [0.2, 0.25) is 0 Å². The Balaban J connectivity index is 1.12. The van der Waals surface area contributed by atoms with E-state index in [4.69, 9.17) is 0 Å². The van der Waals surface area contributed by atoms with Gasteiger partial charge in [0.2, 0.25) is 0 Å². The second-order valence-electron chi connectivity index (χ2n) is 10.4. The molecule has 0 saturated heterocycles. The van der Waals surface area contributed by atoms with E-state index in [-0.39, 0.29) is 0 Å². The van der Waals surface area contributed by atoms with Crippen LogP contribution in [0.1, 0.15) is 36.1 Å². The normalized spacial score (nSPS) is 12.2. The molecule has 2 nitrogen and oxygen atoms in total. The first kappa shape index (κ1) is 24.2. The number of aryl methyl sites for hydroxylation is 2. The number of para-hydroxylation sites is 2. The Morgan fingerprint density at radius 1 is 0.400 bits per heavy atom. The Kier molecular flexibility index (Phi) is 6.09. The molecule has 0 fully saturated rings. The lowest BCUT2D eigenvalue weighted by molar-refractivity contribution is 0.827. The maximum Gasteiger partial charge on any atom is 0.0491 e. The molecule has 2 heteroatoms. The molecule has 2 aromatic heterocycles. The lowest BCUT2D eigenvalue weighted by atomic mass is 10.1. The van der Waals surface area contributed by atoms with E-state index >= 15 is 0 Å². The molecule has 0 unspecified atom stereocenters. The highest BCUT2D eigenvalue weighted by Gasteiger charge is 2.10. The summed E-state index contributed by atoms with van der Waals surface area (Å²) < 4.78 is 4.79. The van der Waals surface area contributed by atoms with E-state index in [1.165, 1.54) is 65.9 Å². The molecular formula is C38H32N2. The molecule has 0 aliphatic heterocycles. The maximum atomic E-state index is 2.39. The number of hydrogen-bond donors (Lipinski definition) is 0. The summed E-state index contributed by atoms with van der Waals surface area (Å²) in [4.78, 5) is 0. The van der Waals surface area contributed by atoms with Crippen LogP contribution in [0.3, 0.4) is 0 Å². The molecule has 0 aliphatic carbocycles. The third kappa shape index (κ3) is 4.13. The largest absolute Gasteiger partial charge is 0.341 e. The van der Waals surface area contributed by atoms with Crippen molar-refractivity contribution in [2.24, 2.45) is 0 Å². The zero-order valence-electron chi connectivity index (χ0n) is 23.0. The fourth-order valence-corrected chi connectivity index (χ4v) is 6.13. The van der Waals surface area contributed by atoms with Crippen LogP contribution in [0.5, 0.6) is 0 Å². The van der Waals surface area contributed by atoms with E-state index in [0.717, 1.165) is 13.1 Å². The van der Waals surface area contributed by atoms with Crippen LogP contribution in [-0.2, 0) is 13.1 Å². The molecular weight excluding hydrogens is 484 g/mol. The number of hydrogen-bond acceptors (Lipinski definition) is 0. The van der Waals surface area contributed by atoms with E-state index in [0.29, 0.717) is 0 Å². The smallest absolute Gasteiger partial charge is 0.0491 e. The lowest BCUT2D eigenvalue weighted by Gasteiger charge is -2.03. The van der Waals surface area contributed by atoms with Crippen molar-refractivity contribution in [1.29, 1.82) is 0 Å². The summed E-state index contributed by atoms with van der Waals surface area (Å²) in [5.41, 5.74) is 10.0. The maximum absolute atomic E-state index is 2.39. The van der Waals surface area contributed by atoms with Crippen molar-refractivity contribution in [3.8, 4) is 0 Å². The van der Waals surface area contributed by atoms with E-state index in [9.17, 15) is 0 Å². The summed E-state index contributed by atoms with van der Waals surface area (Å²) in [6.45, 7) is 6.36. The van der Waals surface area contributed by atoms with Gasteiger partial charge in [0, 0.05) is 56.7 Å². The lowest BCUT2D eigenvalue weighted by Crippen LogP contribution is -1.92. The fourth-order valence-electron chi connectivity index (χ4n) is 6.13. The minimum Gasteiger partial charge on any atom is -0.341 e. The standard InChI is InChI=1S/C38H32N2/c1-3-39-35-11-7-5-9-31(35)33-25-29(21-23-37(33)39)19-17-27-13-15-28(16-14-27)18-20-30-22-24-38-34(26-30)32-10-6-8-12-36(32)40(38)4-2/h5-26H,3-4H2,1-2H3/b19-17+,20-18+. The van der Waals surface area contributed by atoms with Gasteiger partial charge in [-0.1, -0.05) is 97.1 Å². The van der Waals surface area contributed by atoms with Gasteiger partial charge in [0.05, 0.1) is 0 Å². The molecule has 40 heavy (non-hydrogen) atoms. The predicted octanol–water partition coefficient (Wildman–Crippen LogP) is 10.3. The summed E-state index contributed by atoms with van der Waals surface area (Å²) in [5, 5.41) is 5.28. The van der Waals surface area contributed by atoms with Crippen molar-refractivity contribution in [2.75, 3.05) is 0 Å². The Bertz CT molecular complexity index is 1910. The number of benzene rings is 5. The van der Waals surface area contributed by atoms with Crippen molar-refractivity contribution in [1.82, 2.24) is 9.13 Å². The summed E-state index contributed by atoms with van der Waals surface area (Å²) in [6.07, 6.45) is 8.82. The summed E-state index contributed by atoms with van der Waals surface area (Å²) >= 11 is 0. The average molecular weight is 517 g/mol. The van der Waals surface area contributed by atoms with Crippen LogP contribution in [0, 0.1) is 0 Å². The summed E-state index contributed by atoms with van der Waals surface area (Å²) in [6, 6.07) is 39.7. The van der Waals surface area contributed by atoms with Crippen LogP contribution in [0.15, 0.2) is 109 Å². The highest BCUT2D eigenvalue weighted by atomic mass is 15.0. The van der Waals surface area contributed by atoms with Crippen molar-refractivity contribution in [2.45, 2.75) is 26.9 Å². The number of fused-ring (bicyclic) bond motifs is 6. The fraction of sp³-hybridized carbons (Fsp3) is 0.105. The van der Waals surface area contributed by atoms with Crippen molar-refractivity contribution >= 4 is 67.9 Å². The molecule has 0 saturated carbocycles. The van der Waals surface area contributed by atoms with E-state index in [1.54, 1.807) is 0 Å². The number of rotatable bonds is 6. The monoisotopic (exact) mass is 516 g/mol. The van der Waals surface area contributed by atoms with Gasteiger partial charge in [-0.3, -0.25) is 0 Å². The van der Waals surface area contributed by atoms with Gasteiger partial charge in [-0.2, -0.15) is 0 Å². The average Bonchev–Trinajstić information content (AvgIpc) is 3.51. The molecule has 194 valence electrons. The molecule has 7 aromatic rings. The highest BCUT2D eigenvalue weighted by molar-refractivity contribution is 6.09. The van der Waals surface area contributed by atoms with Gasteiger partial charge < -0.3 is 9.13 Å². The first-order valence-electron chi connectivity index (χ1n) is 14.2. The molecule has 0 radical (unpaired) electrons. The SMILES string of the molecule is CCn1c2ccccc2c2cc(/C=C/c3ccc(/C=C/c4ccc5c(c4)c4ccccc4n5CC)cc3)ccc21. The van der Waals surface area contributed by atoms with Crippen molar-refractivity contribution in [3.05, 3.63) is 131 Å². The van der Waals surface area contributed by atoms with Crippen molar-refractivity contribution in [3.63, 3.8) is 0 Å². The Labute approximate surface area is 235 Å². The number of nitrogens with zero attached hydrogens (tertiary/aromatic N) is 2. The number of aromatic nitrogens is 2. The molecule has 0 aliphatic rings. The third-order valence-corrected chi connectivity index (χ3v) is 8.10. The van der Waals surface area contributed by atoms with Crippen LogP contribution in [0.4, 0.5) is 0 Å². The molecule has 0 spiro atoms. The van der Waals surface area contributed by atoms with E-state index < -0.39 is 0 Å². The van der Waals surface area contributed by atoms with Gasteiger partial charge in [-0.05, 0) is 72.5 Å². The molecule has 5 aromatic carbocycles. The van der Waals surface area contributed by atoms with Crippen LogP contribution < -0.4 is 0 Å². The zero-order chi connectivity index (χ0) is 27.1. The van der Waals surface area contributed by atoms with Gasteiger partial charge in [0.15, 0.2) is 0 Å². The second-order valence-corrected chi connectivity index (χ2v) is 10.4. The van der Waals surface area contributed by atoms with Crippen molar-refractivity contribution < 1.29 is 0 Å². The molecule has 0 bridgehead atoms. The van der Waals surface area contributed by atoms with Gasteiger partial charge in [-0.15, -0.1) is 0 Å². The first-order valence-corrected chi connectivity index (χ1v) is 14.2. The minimum atomic E-state index is 0.970. The molecule has 0 N–H and O–H groups in total. The van der Waals surface area contributed by atoms with E-state index in [1.807, 2.05) is 0 Å². The molecule has 7 rings (SSSR count). The first-order chi connectivity index (χ1) is 19.7. The summed E-state index contributed by atoms with van der Waals surface area (Å²) in [7, 11) is 0. The predicted molar refractivity (Wildman–Crippen MR) is 175 cm³/mol. The van der Waals surface area contributed by atoms with Gasteiger partial charge in [-0.25, -0.2) is 0 Å². The van der Waals surface area contributed by atoms with Gasteiger partial charge >= 0.3 is 0 Å². The Morgan fingerprint density at radius 2 is 0.750 bits per heavy atom. The second kappa shape index (κ2) is 10.1. The molecule has 0 atom stereocenters. The van der Waals surface area contributed by atoms with Crippen LogP contribution in [-0.4, -0.2) is 9.13 Å². The van der Waals surface area contributed by atoms with Crippen LogP contribution >= 0.6 is 0 Å². The quantitative estimate of drug-likeness (QED) is 0.195. The third-order valence-electron chi connectivity index (χ3n) is 8.10. The molecule has 2 heterocycles. The topological polar surface area (TPSA) is 9.86 Å². The minimum absolute atomic E-state index is 0.970. The van der Waals surface area contributed by atoms with Crippen LogP contribution in [0.25, 0.3) is 67.9 Å².